The van der Waals surface area contributed by atoms with Crippen LogP contribution in [-0.4, -0.2) is 11.6 Å². The lowest BCUT2D eigenvalue weighted by molar-refractivity contribution is -0.165. The summed E-state index contributed by atoms with van der Waals surface area (Å²) in [5.74, 6) is 2.28. The van der Waals surface area contributed by atoms with E-state index in [1.165, 1.54) is 18.4 Å². The highest BCUT2D eigenvalue weighted by Gasteiger charge is 2.81. The fraction of sp³-hybridized carbons (Fsp3) is 0.773. The first kappa shape index (κ1) is 15.2. The summed E-state index contributed by atoms with van der Waals surface area (Å²) < 4.78 is 6.38. The van der Waals surface area contributed by atoms with E-state index in [0.29, 0.717) is 29.6 Å². The van der Waals surface area contributed by atoms with E-state index in [4.69, 9.17) is 4.74 Å². The van der Waals surface area contributed by atoms with Gasteiger partial charge in [0.25, 0.3) is 0 Å². The molecule has 0 aromatic carbocycles. The first-order valence-electron chi connectivity index (χ1n) is 9.74. The monoisotopic (exact) mass is 326 g/mol. The summed E-state index contributed by atoms with van der Waals surface area (Å²) in [5, 5.41) is 0. The predicted molar refractivity (Wildman–Crippen MR) is 94.1 cm³/mol. The van der Waals surface area contributed by atoms with Crippen molar-refractivity contribution in [3.63, 3.8) is 0 Å². The molecular formula is C22H30O2. The Morgan fingerprint density at radius 2 is 1.96 bits per heavy atom. The zero-order valence-electron chi connectivity index (χ0n) is 15.7. The van der Waals surface area contributed by atoms with Crippen molar-refractivity contribution < 1.29 is 9.53 Å². The second-order valence-corrected chi connectivity index (χ2v) is 10.2. The van der Waals surface area contributed by atoms with Crippen LogP contribution < -0.4 is 0 Å². The molecule has 130 valence electrons. The minimum Gasteiger partial charge on any atom is -0.457 e. The van der Waals surface area contributed by atoms with Crippen molar-refractivity contribution in [1.82, 2.24) is 0 Å². The van der Waals surface area contributed by atoms with Crippen LogP contribution in [0.4, 0.5) is 0 Å². The van der Waals surface area contributed by atoms with E-state index >= 15 is 0 Å². The largest absolute Gasteiger partial charge is 0.457 e. The molecule has 4 bridgehead atoms. The Morgan fingerprint density at radius 3 is 2.67 bits per heavy atom. The fourth-order valence-electron chi connectivity index (χ4n) is 8.18. The Labute approximate surface area is 145 Å². The summed E-state index contributed by atoms with van der Waals surface area (Å²) in [4.78, 5) is 12.9. The van der Waals surface area contributed by atoms with E-state index in [1.54, 1.807) is 0 Å². The molecule has 1 saturated heterocycles. The number of carbonyl (C=O) groups is 1. The van der Waals surface area contributed by atoms with Gasteiger partial charge in [0.15, 0.2) is 0 Å². The minimum atomic E-state index is -0.429. The fourth-order valence-corrected chi connectivity index (χ4v) is 8.18. The number of rotatable bonds is 0. The Balaban J connectivity index is 1.76. The summed E-state index contributed by atoms with van der Waals surface area (Å²) in [7, 11) is 0. The van der Waals surface area contributed by atoms with Gasteiger partial charge in [-0.25, -0.2) is 0 Å². The lowest BCUT2D eigenvalue weighted by Crippen LogP contribution is -2.51. The quantitative estimate of drug-likeness (QED) is 0.474. The van der Waals surface area contributed by atoms with Crippen molar-refractivity contribution >= 4 is 5.97 Å². The lowest BCUT2D eigenvalue weighted by atomic mass is 9.56. The summed E-state index contributed by atoms with van der Waals surface area (Å²) in [5.41, 5.74) is 1.30. The zero-order valence-corrected chi connectivity index (χ0v) is 15.7. The van der Waals surface area contributed by atoms with Crippen LogP contribution in [-0.2, 0) is 9.53 Å². The third kappa shape index (κ3) is 1.21. The van der Waals surface area contributed by atoms with Gasteiger partial charge in [0.2, 0.25) is 0 Å². The lowest BCUT2D eigenvalue weighted by Gasteiger charge is -2.50. The maximum absolute atomic E-state index is 12.9. The molecule has 5 rings (SSSR count). The van der Waals surface area contributed by atoms with E-state index in [0.717, 1.165) is 6.42 Å². The maximum atomic E-state index is 12.9. The van der Waals surface area contributed by atoms with Gasteiger partial charge >= 0.3 is 5.97 Å². The number of allylic oxidation sites excluding steroid dienone is 1. The van der Waals surface area contributed by atoms with Crippen LogP contribution in [0.15, 0.2) is 24.3 Å². The molecule has 0 aromatic heterocycles. The summed E-state index contributed by atoms with van der Waals surface area (Å²) >= 11 is 0. The Morgan fingerprint density at radius 1 is 1.25 bits per heavy atom. The number of ether oxygens (including phenoxy) is 1. The van der Waals surface area contributed by atoms with Crippen molar-refractivity contribution in [2.24, 2.45) is 45.8 Å². The third-order valence-corrected chi connectivity index (χ3v) is 9.65. The van der Waals surface area contributed by atoms with Gasteiger partial charge in [-0.2, -0.15) is 0 Å². The van der Waals surface area contributed by atoms with Gasteiger partial charge in [-0.1, -0.05) is 52.0 Å². The Kier molecular flexibility index (Phi) is 2.45. The number of hydrogen-bond donors (Lipinski definition) is 0. The van der Waals surface area contributed by atoms with Crippen molar-refractivity contribution in [2.75, 3.05) is 0 Å². The summed E-state index contributed by atoms with van der Waals surface area (Å²) in [6, 6.07) is 0. The van der Waals surface area contributed by atoms with Gasteiger partial charge in [-0.3, -0.25) is 4.79 Å². The Bertz CT molecular complexity index is 707. The molecular weight excluding hydrogens is 296 g/mol. The highest BCUT2D eigenvalue weighted by atomic mass is 16.6. The second-order valence-electron chi connectivity index (χ2n) is 10.2. The number of fused-ring (bicyclic) bond motifs is 1. The van der Waals surface area contributed by atoms with Crippen LogP contribution in [0.2, 0.25) is 0 Å². The SMILES string of the molecule is C=C1C[C@]23C[C@@]1(C)C(C)CC2[C@]12OC(=O)C(C)(C=CC1C)C2[C@@H]3C. The van der Waals surface area contributed by atoms with E-state index < -0.39 is 5.41 Å². The molecule has 5 unspecified atom stereocenters. The molecule has 3 saturated carbocycles. The van der Waals surface area contributed by atoms with Crippen LogP contribution in [0.5, 0.6) is 0 Å². The van der Waals surface area contributed by atoms with Gasteiger partial charge < -0.3 is 4.74 Å². The molecule has 2 heteroatoms. The Hall–Kier alpha value is -1.05. The van der Waals surface area contributed by atoms with E-state index in [2.05, 4.69) is 53.3 Å². The third-order valence-electron chi connectivity index (χ3n) is 9.65. The van der Waals surface area contributed by atoms with Crippen LogP contribution in [0.1, 0.15) is 53.9 Å². The molecule has 1 spiro atoms. The second kappa shape index (κ2) is 3.86. The highest BCUT2D eigenvalue weighted by Crippen LogP contribution is 2.80. The number of hydrogen-bond acceptors (Lipinski definition) is 2. The predicted octanol–water partition coefficient (Wildman–Crippen LogP) is 4.76. The molecule has 24 heavy (non-hydrogen) atoms. The molecule has 2 nitrogen and oxygen atoms in total. The van der Waals surface area contributed by atoms with Gasteiger partial charge in [0.05, 0.1) is 5.41 Å². The van der Waals surface area contributed by atoms with Gasteiger partial charge in [-0.05, 0) is 48.9 Å². The molecule has 1 aliphatic heterocycles. The smallest absolute Gasteiger partial charge is 0.316 e. The van der Waals surface area contributed by atoms with Crippen LogP contribution in [0.25, 0.3) is 0 Å². The van der Waals surface area contributed by atoms with E-state index in [1.807, 2.05) is 0 Å². The van der Waals surface area contributed by atoms with Gasteiger partial charge in [0, 0.05) is 17.8 Å². The maximum Gasteiger partial charge on any atom is 0.316 e. The average Bonchev–Trinajstić information content (AvgIpc) is 2.95. The first-order valence-corrected chi connectivity index (χ1v) is 9.74. The molecule has 0 amide bonds. The highest BCUT2D eigenvalue weighted by molar-refractivity contribution is 5.84. The average molecular weight is 326 g/mol. The summed E-state index contributed by atoms with van der Waals surface area (Å²) in [6.45, 7) is 16.2. The number of esters is 1. The zero-order chi connectivity index (χ0) is 17.3. The van der Waals surface area contributed by atoms with E-state index in [-0.39, 0.29) is 22.4 Å². The molecule has 0 aromatic rings. The first-order chi connectivity index (χ1) is 11.1. The molecule has 1 heterocycles. The van der Waals surface area contributed by atoms with Crippen molar-refractivity contribution in [2.45, 2.75) is 59.5 Å². The van der Waals surface area contributed by atoms with Crippen LogP contribution >= 0.6 is 0 Å². The van der Waals surface area contributed by atoms with Gasteiger partial charge in [-0.15, -0.1) is 0 Å². The molecule has 4 fully saturated rings. The van der Waals surface area contributed by atoms with E-state index in [9.17, 15) is 4.79 Å². The van der Waals surface area contributed by atoms with Crippen molar-refractivity contribution in [1.29, 1.82) is 0 Å². The number of carbonyl (C=O) groups excluding carboxylic acids is 1. The van der Waals surface area contributed by atoms with Crippen molar-refractivity contribution in [3.05, 3.63) is 24.3 Å². The molecule has 4 aliphatic carbocycles. The van der Waals surface area contributed by atoms with Crippen LogP contribution in [0, 0.1) is 45.8 Å². The molecule has 0 N–H and O–H groups in total. The standard InChI is InChI=1S/C22H30O2/c1-12-7-8-19(5)17-15(4)21-10-14(3)20(6,11-21)13(2)9-16(21)22(12,17)24-18(19)23/h7-8,12-13,15-17H,3,9-11H2,1-2,4-6H3/t12?,13?,15-,16?,17?,19?,20-,21+,22+/m0/s1. The minimum absolute atomic E-state index is 0.0209. The molecule has 0 radical (unpaired) electrons. The summed E-state index contributed by atoms with van der Waals surface area (Å²) in [6.07, 6.45) is 8.00. The van der Waals surface area contributed by atoms with Gasteiger partial charge in [0.1, 0.15) is 5.60 Å². The normalized spacial score (nSPS) is 63.3. The van der Waals surface area contributed by atoms with Crippen LogP contribution in [0.3, 0.4) is 0 Å². The topological polar surface area (TPSA) is 26.3 Å². The molecule has 5 aliphatic rings. The van der Waals surface area contributed by atoms with Crippen molar-refractivity contribution in [3.8, 4) is 0 Å². The molecule has 9 atom stereocenters.